The molecule has 0 saturated heterocycles. The topological polar surface area (TPSA) is 290 Å². The van der Waals surface area contributed by atoms with Gasteiger partial charge in [-0.3, -0.25) is 33.6 Å². The van der Waals surface area contributed by atoms with Crippen molar-refractivity contribution in [3.63, 3.8) is 0 Å². The van der Waals surface area contributed by atoms with Crippen LogP contribution in [0.3, 0.4) is 0 Å². The number of rotatable bonds is 17. The predicted octanol–water partition coefficient (Wildman–Crippen LogP) is -4.10. The van der Waals surface area contributed by atoms with Crippen LogP contribution in [0.2, 0.25) is 0 Å². The van der Waals surface area contributed by atoms with E-state index in [1.165, 1.54) is 27.7 Å². The van der Waals surface area contributed by atoms with E-state index in [4.69, 9.17) is 5.11 Å². The molecule has 0 bridgehead atoms. The van der Waals surface area contributed by atoms with E-state index < -0.39 is 96.0 Å². The molecule has 1 aliphatic carbocycles. The molecule has 0 spiro atoms. The van der Waals surface area contributed by atoms with Crippen LogP contribution in [-0.2, 0) is 38.4 Å². The third-order valence-electron chi connectivity index (χ3n) is 7.20. The van der Waals surface area contributed by atoms with Crippen molar-refractivity contribution in [2.45, 2.75) is 115 Å². The van der Waals surface area contributed by atoms with Gasteiger partial charge in [0.05, 0.1) is 24.6 Å². The van der Waals surface area contributed by atoms with Crippen molar-refractivity contribution in [2.75, 3.05) is 0 Å². The second-order valence-corrected chi connectivity index (χ2v) is 11.2. The Balaban J connectivity index is 2.90. The van der Waals surface area contributed by atoms with E-state index in [0.29, 0.717) is 19.1 Å². The molecule has 7 atom stereocenters. The van der Waals surface area contributed by atoms with Gasteiger partial charge in [0.15, 0.2) is 0 Å². The van der Waals surface area contributed by atoms with Gasteiger partial charge in [0.25, 0.3) is 11.7 Å². The van der Waals surface area contributed by atoms with Crippen LogP contribution in [0.5, 0.6) is 0 Å². The minimum absolute atomic E-state index is 0.166. The second-order valence-electron chi connectivity index (χ2n) is 11.2. The molecule has 0 aromatic rings. The maximum absolute atomic E-state index is 13.0. The number of carbonyl (C=O) groups excluding carboxylic acids is 7. The van der Waals surface area contributed by atoms with E-state index >= 15 is 0 Å². The molecule has 0 aromatic carbocycles. The van der Waals surface area contributed by atoms with Crippen LogP contribution in [0.25, 0.3) is 0 Å². The van der Waals surface area contributed by atoms with Crippen LogP contribution < -0.4 is 31.9 Å². The number of aliphatic hydroxyl groups excluding tert-OH is 1. The maximum atomic E-state index is 13.0. The highest BCUT2D eigenvalue weighted by Gasteiger charge is 2.43. The molecule has 18 heteroatoms. The SMILES string of the molecule is CC(=O)N[C@H](C(=O)N[C@H](C(=O)N[C@@H](C)C(=O)N[C@@H](C)C(O)(O)C(=O)N[C@@H](CC(=O)O)C(=O)N[C@@H](C)C=O)[C@@H](C)O)C1CCCC1. The summed E-state index contributed by atoms with van der Waals surface area (Å²) in [6.45, 7) is 5.94. The van der Waals surface area contributed by atoms with Crippen molar-refractivity contribution < 1.29 is 58.8 Å². The fraction of sp³-hybridized carbons (Fsp3) is 0.704. The van der Waals surface area contributed by atoms with Crippen molar-refractivity contribution in [2.24, 2.45) is 5.92 Å². The molecule has 45 heavy (non-hydrogen) atoms. The summed E-state index contributed by atoms with van der Waals surface area (Å²) in [4.78, 5) is 97.2. The number of carboxylic acid groups (broad SMARTS) is 1. The lowest BCUT2D eigenvalue weighted by Gasteiger charge is -2.31. The van der Waals surface area contributed by atoms with Crippen LogP contribution in [0, 0.1) is 5.92 Å². The van der Waals surface area contributed by atoms with Crippen LogP contribution in [-0.4, -0.2) is 116 Å². The molecule has 0 aromatic heterocycles. The van der Waals surface area contributed by atoms with Gasteiger partial charge in [-0.25, -0.2) is 0 Å². The number of aldehydes is 1. The fourth-order valence-electron chi connectivity index (χ4n) is 4.57. The molecule has 1 saturated carbocycles. The van der Waals surface area contributed by atoms with Crippen molar-refractivity contribution in [3.05, 3.63) is 0 Å². The van der Waals surface area contributed by atoms with Crippen LogP contribution in [0.4, 0.5) is 0 Å². The molecule has 254 valence electrons. The largest absolute Gasteiger partial charge is 0.481 e. The zero-order valence-electron chi connectivity index (χ0n) is 25.8. The number of aliphatic carboxylic acids is 1. The quantitative estimate of drug-likeness (QED) is 0.0534. The summed E-state index contributed by atoms with van der Waals surface area (Å²) < 4.78 is 0. The Morgan fingerprint density at radius 1 is 0.800 bits per heavy atom. The molecule has 1 fully saturated rings. The Hall–Kier alpha value is -4.16. The number of nitrogens with one attached hydrogen (secondary N) is 6. The number of hydrogen-bond donors (Lipinski definition) is 10. The Morgan fingerprint density at radius 2 is 1.38 bits per heavy atom. The van der Waals surface area contributed by atoms with E-state index in [1.54, 1.807) is 0 Å². The zero-order valence-corrected chi connectivity index (χ0v) is 25.8. The average Bonchev–Trinajstić information content (AvgIpc) is 3.47. The van der Waals surface area contributed by atoms with Crippen molar-refractivity contribution in [1.29, 1.82) is 0 Å². The molecular formula is C27H44N6O12. The first-order chi connectivity index (χ1) is 20.8. The van der Waals surface area contributed by atoms with E-state index in [1.807, 2.05) is 5.32 Å². The summed E-state index contributed by atoms with van der Waals surface area (Å²) in [5, 5.41) is 53.4. The average molecular weight is 645 g/mol. The number of aliphatic hydroxyl groups is 3. The lowest BCUT2D eigenvalue weighted by atomic mass is 9.96. The van der Waals surface area contributed by atoms with Crippen molar-refractivity contribution >= 4 is 47.7 Å². The molecule has 0 unspecified atom stereocenters. The van der Waals surface area contributed by atoms with Gasteiger partial charge in [0.1, 0.15) is 30.5 Å². The Labute approximate surface area is 259 Å². The number of amides is 6. The van der Waals surface area contributed by atoms with Gasteiger partial charge < -0.3 is 57.1 Å². The highest BCUT2D eigenvalue weighted by atomic mass is 16.5. The van der Waals surface area contributed by atoms with Gasteiger partial charge in [0.2, 0.25) is 29.5 Å². The standard InChI is InChI=1S/C27H44N6O12/c1-12(11-34)28-23(40)18(10-19(37)38)32-26(43)27(44,45)15(4)30-22(39)13(2)29-24(41)20(14(3)35)33-25(42)21(31-16(5)36)17-8-6-7-9-17/h11-15,17-18,20-21,35,44-45H,6-10H2,1-5H3,(H,28,40)(H,29,41)(H,30,39)(H,31,36)(H,32,43)(H,33,42)(H,37,38)/t12-,13-,14+,15-,18-,20-,21-/m0/s1. The smallest absolute Gasteiger partial charge is 0.305 e. The van der Waals surface area contributed by atoms with Crippen LogP contribution in [0.15, 0.2) is 0 Å². The van der Waals surface area contributed by atoms with Crippen LogP contribution in [0.1, 0.15) is 66.7 Å². The number of carboxylic acids is 1. The molecule has 0 aliphatic heterocycles. The number of carbonyl (C=O) groups is 8. The third kappa shape index (κ3) is 12.0. The maximum Gasteiger partial charge on any atom is 0.305 e. The molecule has 0 radical (unpaired) electrons. The number of hydrogen-bond acceptors (Lipinski definition) is 11. The minimum Gasteiger partial charge on any atom is -0.481 e. The Kier molecular flexibility index (Phi) is 15.0. The first kappa shape index (κ1) is 38.9. The molecule has 6 amide bonds. The highest BCUT2D eigenvalue weighted by Crippen LogP contribution is 2.28. The van der Waals surface area contributed by atoms with Gasteiger partial charge in [-0.2, -0.15) is 0 Å². The first-order valence-corrected chi connectivity index (χ1v) is 14.4. The molecule has 0 heterocycles. The predicted molar refractivity (Wildman–Crippen MR) is 153 cm³/mol. The van der Waals surface area contributed by atoms with Gasteiger partial charge in [0, 0.05) is 6.92 Å². The van der Waals surface area contributed by atoms with Gasteiger partial charge >= 0.3 is 5.97 Å². The molecule has 10 N–H and O–H groups in total. The first-order valence-electron chi connectivity index (χ1n) is 14.4. The normalized spacial score (nSPS) is 18.0. The molecule has 18 nitrogen and oxygen atoms in total. The summed E-state index contributed by atoms with van der Waals surface area (Å²) in [6.07, 6.45) is 1.03. The summed E-state index contributed by atoms with van der Waals surface area (Å²) in [7, 11) is 0. The second kappa shape index (κ2) is 17.4. The minimum atomic E-state index is -3.39. The monoisotopic (exact) mass is 644 g/mol. The van der Waals surface area contributed by atoms with Gasteiger partial charge in [-0.1, -0.05) is 12.8 Å². The zero-order chi connectivity index (χ0) is 34.6. The summed E-state index contributed by atoms with van der Waals surface area (Å²) in [5.41, 5.74) is 0. The lowest BCUT2D eigenvalue weighted by molar-refractivity contribution is -0.196. The van der Waals surface area contributed by atoms with Crippen LogP contribution >= 0.6 is 0 Å². The van der Waals surface area contributed by atoms with E-state index in [2.05, 4.69) is 26.6 Å². The highest BCUT2D eigenvalue weighted by molar-refractivity contribution is 5.96. The van der Waals surface area contributed by atoms with Crippen molar-refractivity contribution in [1.82, 2.24) is 31.9 Å². The Bertz CT molecular complexity index is 1120. The van der Waals surface area contributed by atoms with Crippen molar-refractivity contribution in [3.8, 4) is 0 Å². The Morgan fingerprint density at radius 3 is 1.87 bits per heavy atom. The summed E-state index contributed by atoms with van der Waals surface area (Å²) >= 11 is 0. The van der Waals surface area contributed by atoms with E-state index in [0.717, 1.165) is 19.8 Å². The van der Waals surface area contributed by atoms with E-state index in [-0.39, 0.29) is 5.92 Å². The van der Waals surface area contributed by atoms with Gasteiger partial charge in [-0.15, -0.1) is 0 Å². The summed E-state index contributed by atoms with van der Waals surface area (Å²) in [6, 6.07) is -8.53. The molecule has 1 aliphatic rings. The lowest BCUT2D eigenvalue weighted by Crippen LogP contribution is -2.64. The van der Waals surface area contributed by atoms with Gasteiger partial charge in [-0.05, 0) is 46.5 Å². The third-order valence-corrected chi connectivity index (χ3v) is 7.20. The molecule has 1 rings (SSSR count). The molecular weight excluding hydrogens is 600 g/mol. The van der Waals surface area contributed by atoms with E-state index in [9.17, 15) is 53.7 Å². The summed E-state index contributed by atoms with van der Waals surface area (Å²) in [5.74, 6) is -11.0. The fourth-order valence-corrected chi connectivity index (χ4v) is 4.57.